The van der Waals surface area contributed by atoms with Crippen LogP contribution in [0.15, 0.2) is 48.5 Å². The first kappa shape index (κ1) is 13.9. The molecule has 4 heteroatoms. The molecule has 0 aliphatic carbocycles. The van der Waals surface area contributed by atoms with Gasteiger partial charge in [-0.15, -0.1) is 0 Å². The number of benzene rings is 2. The molecule has 0 heterocycles. The quantitative estimate of drug-likeness (QED) is 0.897. The van der Waals surface area contributed by atoms with Gasteiger partial charge in [-0.2, -0.15) is 0 Å². The van der Waals surface area contributed by atoms with Crippen molar-refractivity contribution in [1.29, 1.82) is 0 Å². The third kappa shape index (κ3) is 3.75. The summed E-state index contributed by atoms with van der Waals surface area (Å²) in [4.78, 5) is 13.7. The fourth-order valence-electron chi connectivity index (χ4n) is 1.94. The third-order valence-electron chi connectivity index (χ3n) is 3.05. The highest BCUT2D eigenvalue weighted by Gasteiger charge is 2.10. The molecule has 1 amide bonds. The summed E-state index contributed by atoms with van der Waals surface area (Å²) < 4.78 is 0. The summed E-state index contributed by atoms with van der Waals surface area (Å²) in [7, 11) is 1.73. The Morgan fingerprint density at radius 2 is 1.70 bits per heavy atom. The Balaban J connectivity index is 1.96. The van der Waals surface area contributed by atoms with Gasteiger partial charge in [-0.25, -0.2) is 0 Å². The van der Waals surface area contributed by atoms with Gasteiger partial charge in [-0.05, 0) is 35.4 Å². The molecule has 0 radical (unpaired) electrons. The predicted molar refractivity (Wildman–Crippen MR) is 76.4 cm³/mol. The smallest absolute Gasteiger partial charge is 0.227 e. The first-order valence-corrected chi connectivity index (χ1v) is 6.34. The fourth-order valence-corrected chi connectivity index (χ4v) is 1.94. The topological polar surface area (TPSA) is 60.8 Å². The van der Waals surface area contributed by atoms with Crippen molar-refractivity contribution in [2.45, 2.75) is 13.0 Å². The number of nitrogens with zero attached hydrogens (tertiary/aromatic N) is 1. The van der Waals surface area contributed by atoms with Gasteiger partial charge in [0.05, 0.1) is 6.42 Å². The van der Waals surface area contributed by atoms with E-state index in [-0.39, 0.29) is 23.8 Å². The molecule has 2 N–H and O–H groups in total. The molecule has 0 unspecified atom stereocenters. The molecule has 0 saturated carbocycles. The Bertz CT molecular complexity index is 593. The van der Waals surface area contributed by atoms with Crippen molar-refractivity contribution in [2.75, 3.05) is 7.05 Å². The summed E-state index contributed by atoms with van der Waals surface area (Å²) in [5.74, 6) is 0.350. The minimum atomic E-state index is -0.0244. The van der Waals surface area contributed by atoms with Gasteiger partial charge in [0.15, 0.2) is 0 Å². The zero-order valence-electron chi connectivity index (χ0n) is 11.3. The molecule has 20 heavy (non-hydrogen) atoms. The summed E-state index contributed by atoms with van der Waals surface area (Å²) in [6.07, 6.45) is 0.253. The Morgan fingerprint density at radius 1 is 1.00 bits per heavy atom. The van der Waals surface area contributed by atoms with Crippen molar-refractivity contribution >= 4 is 5.91 Å². The first-order valence-electron chi connectivity index (χ1n) is 6.34. The molecule has 104 valence electrons. The van der Waals surface area contributed by atoms with Crippen LogP contribution in [0, 0.1) is 0 Å². The molecule has 2 aromatic rings. The molecule has 0 aliphatic heterocycles. The molecule has 0 atom stereocenters. The SMILES string of the molecule is CN(Cc1ccc(O)cc1)C(=O)Cc1cccc(O)c1. The Hall–Kier alpha value is -2.49. The average molecular weight is 271 g/mol. The van der Waals surface area contributed by atoms with Crippen LogP contribution >= 0.6 is 0 Å². The minimum absolute atomic E-state index is 0.0244. The number of hydrogen-bond acceptors (Lipinski definition) is 3. The number of rotatable bonds is 4. The summed E-state index contributed by atoms with van der Waals surface area (Å²) in [5, 5.41) is 18.6. The van der Waals surface area contributed by atoms with Gasteiger partial charge in [0.2, 0.25) is 5.91 Å². The van der Waals surface area contributed by atoms with Crippen LogP contribution in [0.1, 0.15) is 11.1 Å². The lowest BCUT2D eigenvalue weighted by atomic mass is 10.1. The summed E-state index contributed by atoms with van der Waals surface area (Å²) in [5.41, 5.74) is 1.74. The maximum atomic E-state index is 12.1. The lowest BCUT2D eigenvalue weighted by Gasteiger charge is -2.17. The van der Waals surface area contributed by atoms with Crippen LogP contribution < -0.4 is 0 Å². The second-order valence-corrected chi connectivity index (χ2v) is 4.76. The van der Waals surface area contributed by atoms with Crippen LogP contribution in [0.25, 0.3) is 0 Å². The molecule has 2 aromatic carbocycles. The van der Waals surface area contributed by atoms with E-state index < -0.39 is 0 Å². The summed E-state index contributed by atoms with van der Waals surface area (Å²) in [6, 6.07) is 13.5. The molecule has 0 saturated heterocycles. The zero-order chi connectivity index (χ0) is 14.5. The minimum Gasteiger partial charge on any atom is -0.508 e. The van der Waals surface area contributed by atoms with Crippen LogP contribution in [-0.2, 0) is 17.8 Å². The summed E-state index contributed by atoms with van der Waals surface area (Å²) >= 11 is 0. The fraction of sp³-hybridized carbons (Fsp3) is 0.188. The summed E-state index contributed by atoms with van der Waals surface area (Å²) in [6.45, 7) is 0.484. The van der Waals surface area contributed by atoms with Crippen LogP contribution in [0.4, 0.5) is 0 Å². The standard InChI is InChI=1S/C16H17NO3/c1-17(11-12-5-7-14(18)8-6-12)16(20)10-13-3-2-4-15(19)9-13/h2-9,18-19H,10-11H2,1H3. The van der Waals surface area contributed by atoms with Crippen molar-refractivity contribution in [3.63, 3.8) is 0 Å². The van der Waals surface area contributed by atoms with E-state index in [1.807, 2.05) is 6.07 Å². The molecular weight excluding hydrogens is 254 g/mol. The van der Waals surface area contributed by atoms with Crippen molar-refractivity contribution in [3.8, 4) is 11.5 Å². The highest BCUT2D eigenvalue weighted by atomic mass is 16.3. The van der Waals surface area contributed by atoms with Gasteiger partial charge in [0.25, 0.3) is 0 Å². The second-order valence-electron chi connectivity index (χ2n) is 4.76. The van der Waals surface area contributed by atoms with Gasteiger partial charge in [0, 0.05) is 13.6 Å². The van der Waals surface area contributed by atoms with Gasteiger partial charge in [-0.3, -0.25) is 4.79 Å². The van der Waals surface area contributed by atoms with Crippen LogP contribution in [0.2, 0.25) is 0 Å². The van der Waals surface area contributed by atoms with E-state index in [0.717, 1.165) is 11.1 Å². The molecule has 0 aromatic heterocycles. The third-order valence-corrected chi connectivity index (χ3v) is 3.05. The lowest BCUT2D eigenvalue weighted by Crippen LogP contribution is -2.27. The van der Waals surface area contributed by atoms with Gasteiger partial charge < -0.3 is 15.1 Å². The first-order chi connectivity index (χ1) is 9.54. The maximum Gasteiger partial charge on any atom is 0.227 e. The monoisotopic (exact) mass is 271 g/mol. The largest absolute Gasteiger partial charge is 0.508 e. The average Bonchev–Trinajstić information content (AvgIpc) is 2.41. The van der Waals surface area contributed by atoms with Crippen LogP contribution in [-0.4, -0.2) is 28.1 Å². The van der Waals surface area contributed by atoms with E-state index in [9.17, 15) is 15.0 Å². The highest BCUT2D eigenvalue weighted by molar-refractivity contribution is 5.78. The second kappa shape index (κ2) is 6.10. The lowest BCUT2D eigenvalue weighted by molar-refractivity contribution is -0.129. The number of phenolic OH excluding ortho intramolecular Hbond substituents is 2. The Morgan fingerprint density at radius 3 is 2.35 bits per heavy atom. The molecule has 4 nitrogen and oxygen atoms in total. The van der Waals surface area contributed by atoms with Gasteiger partial charge >= 0.3 is 0 Å². The molecule has 0 spiro atoms. The number of phenols is 2. The number of carbonyl (C=O) groups is 1. The number of likely N-dealkylation sites (N-methyl/N-ethyl adjacent to an activating group) is 1. The Labute approximate surface area is 117 Å². The van der Waals surface area contributed by atoms with Crippen molar-refractivity contribution in [2.24, 2.45) is 0 Å². The maximum absolute atomic E-state index is 12.1. The van der Waals surface area contributed by atoms with Gasteiger partial charge in [0.1, 0.15) is 11.5 Å². The Kier molecular flexibility index (Phi) is 4.25. The number of amides is 1. The normalized spacial score (nSPS) is 10.2. The van der Waals surface area contributed by atoms with E-state index in [2.05, 4.69) is 0 Å². The molecule has 0 fully saturated rings. The van der Waals surface area contributed by atoms with Crippen LogP contribution in [0.5, 0.6) is 11.5 Å². The predicted octanol–water partition coefficient (Wildman–Crippen LogP) is 2.30. The zero-order valence-corrected chi connectivity index (χ0v) is 11.3. The van der Waals surface area contributed by atoms with E-state index in [1.54, 1.807) is 54.4 Å². The van der Waals surface area contributed by atoms with Crippen molar-refractivity contribution < 1.29 is 15.0 Å². The van der Waals surface area contributed by atoms with E-state index >= 15 is 0 Å². The number of carbonyl (C=O) groups excluding carboxylic acids is 1. The molecule has 2 rings (SSSR count). The van der Waals surface area contributed by atoms with E-state index in [4.69, 9.17) is 0 Å². The van der Waals surface area contributed by atoms with Crippen LogP contribution in [0.3, 0.4) is 0 Å². The number of aromatic hydroxyl groups is 2. The van der Waals surface area contributed by atoms with E-state index in [1.165, 1.54) is 0 Å². The van der Waals surface area contributed by atoms with Crippen molar-refractivity contribution in [1.82, 2.24) is 4.90 Å². The van der Waals surface area contributed by atoms with Crippen molar-refractivity contribution in [3.05, 3.63) is 59.7 Å². The highest BCUT2D eigenvalue weighted by Crippen LogP contribution is 2.14. The molecule has 0 bridgehead atoms. The van der Waals surface area contributed by atoms with Gasteiger partial charge in [-0.1, -0.05) is 24.3 Å². The molecule has 0 aliphatic rings. The molecular formula is C16H17NO3. The van der Waals surface area contributed by atoms with E-state index in [0.29, 0.717) is 6.54 Å². The number of hydrogen-bond donors (Lipinski definition) is 2.